The van der Waals surface area contributed by atoms with E-state index in [-0.39, 0.29) is 12.2 Å². The van der Waals surface area contributed by atoms with Crippen molar-refractivity contribution in [3.05, 3.63) is 22.8 Å². The molecule has 0 bridgehead atoms. The lowest BCUT2D eigenvalue weighted by Crippen LogP contribution is -2.55. The van der Waals surface area contributed by atoms with Crippen molar-refractivity contribution >= 4 is 67.8 Å². The van der Waals surface area contributed by atoms with E-state index >= 15 is 0 Å². The van der Waals surface area contributed by atoms with E-state index in [9.17, 15) is 5.11 Å². The van der Waals surface area contributed by atoms with Crippen LogP contribution < -0.4 is 4.74 Å². The fraction of sp³-hybridized carbons (Fsp3) is 0.538. The van der Waals surface area contributed by atoms with Crippen molar-refractivity contribution in [1.29, 1.82) is 0 Å². The Kier molecular flexibility index (Phi) is 7.05. The van der Waals surface area contributed by atoms with E-state index < -0.39 is 6.10 Å². The van der Waals surface area contributed by atoms with Gasteiger partial charge >= 0.3 is 0 Å². The number of methoxy groups -OCH3 is 1. The molecule has 1 aliphatic rings. The van der Waals surface area contributed by atoms with Crippen LogP contribution in [0.15, 0.2) is 12.1 Å². The van der Waals surface area contributed by atoms with Crippen molar-refractivity contribution in [2.45, 2.75) is 24.7 Å². The molecule has 0 radical (unpaired) electrons. The molecule has 0 heterocycles. The molecule has 0 aromatic heterocycles. The molecule has 1 fully saturated rings. The molecule has 112 valence electrons. The van der Waals surface area contributed by atoms with Crippen LogP contribution >= 0.6 is 67.8 Å². The number of aliphatic hydroxyl groups excluding tert-OH is 1. The van der Waals surface area contributed by atoms with E-state index in [1.807, 2.05) is 0 Å². The monoisotopic (exact) mass is 616 g/mol. The van der Waals surface area contributed by atoms with Crippen LogP contribution in [0.4, 0.5) is 0 Å². The van der Waals surface area contributed by atoms with Gasteiger partial charge in [0.25, 0.3) is 0 Å². The van der Waals surface area contributed by atoms with Crippen molar-refractivity contribution in [2.75, 3.05) is 20.3 Å². The summed E-state index contributed by atoms with van der Waals surface area (Å²) < 4.78 is 19.9. The van der Waals surface area contributed by atoms with E-state index in [1.54, 1.807) is 7.11 Å². The third kappa shape index (κ3) is 4.31. The Morgan fingerprint density at radius 1 is 1.20 bits per heavy atom. The molecule has 0 aliphatic heterocycles. The summed E-state index contributed by atoms with van der Waals surface area (Å²) in [6, 6.07) is 4.16. The van der Waals surface area contributed by atoms with Gasteiger partial charge in [-0.15, -0.1) is 0 Å². The highest BCUT2D eigenvalue weighted by Crippen LogP contribution is 2.35. The lowest BCUT2D eigenvalue weighted by molar-refractivity contribution is -0.167. The molecule has 1 saturated carbocycles. The van der Waals surface area contributed by atoms with E-state index in [0.29, 0.717) is 19.6 Å². The first kappa shape index (κ1) is 17.4. The fourth-order valence-electron chi connectivity index (χ4n) is 1.95. The third-order valence-corrected chi connectivity index (χ3v) is 5.27. The molecule has 1 aromatic rings. The molecule has 0 saturated heterocycles. The molecular weight excluding hydrogens is 601 g/mol. The Morgan fingerprint density at radius 3 is 2.40 bits per heavy atom. The van der Waals surface area contributed by atoms with Crippen LogP contribution in [0, 0.1) is 10.7 Å². The highest BCUT2D eigenvalue weighted by atomic mass is 127. The molecule has 20 heavy (non-hydrogen) atoms. The highest BCUT2D eigenvalue weighted by molar-refractivity contribution is 14.1. The van der Waals surface area contributed by atoms with Crippen molar-refractivity contribution in [2.24, 2.45) is 0 Å². The molecule has 3 unspecified atom stereocenters. The van der Waals surface area contributed by atoms with Gasteiger partial charge in [-0.1, -0.05) is 0 Å². The molecule has 1 N–H and O–H groups in total. The summed E-state index contributed by atoms with van der Waals surface area (Å²) in [6.45, 7) is 0.994. The number of aliphatic hydroxyl groups is 1. The number of rotatable bonds is 6. The summed E-state index contributed by atoms with van der Waals surface area (Å²) in [5.74, 6) is 0.879. The topological polar surface area (TPSA) is 47.9 Å². The summed E-state index contributed by atoms with van der Waals surface area (Å²) in [4.78, 5) is 0. The average molecular weight is 616 g/mol. The quantitative estimate of drug-likeness (QED) is 0.395. The van der Waals surface area contributed by atoms with Gasteiger partial charge in [0, 0.05) is 17.1 Å². The Morgan fingerprint density at radius 2 is 1.85 bits per heavy atom. The van der Waals surface area contributed by atoms with Crippen molar-refractivity contribution in [1.82, 2.24) is 0 Å². The molecule has 7 heteroatoms. The van der Waals surface area contributed by atoms with Gasteiger partial charge in [-0.05, 0) is 79.9 Å². The minimum absolute atomic E-state index is 0.0936. The second-order valence-corrected chi connectivity index (χ2v) is 8.06. The zero-order chi connectivity index (χ0) is 14.7. The molecule has 0 amide bonds. The number of hydrogen-bond donors (Lipinski definition) is 1. The first-order chi connectivity index (χ1) is 9.52. The summed E-state index contributed by atoms with van der Waals surface area (Å²) in [5.41, 5.74) is 0. The Hall–Kier alpha value is 1.09. The zero-order valence-electron chi connectivity index (χ0n) is 10.8. The van der Waals surface area contributed by atoms with Gasteiger partial charge in [0.15, 0.2) is 0 Å². The molecule has 2 rings (SSSR count). The van der Waals surface area contributed by atoms with E-state index in [2.05, 4.69) is 79.9 Å². The van der Waals surface area contributed by atoms with Crippen LogP contribution in [-0.4, -0.2) is 43.7 Å². The molecular formula is C13H15I3O4. The minimum Gasteiger partial charge on any atom is -0.485 e. The SMILES string of the molecule is COCCOC1C(O)CC1Oc1c(I)cc(I)cc1I. The van der Waals surface area contributed by atoms with Gasteiger partial charge in [-0.25, -0.2) is 0 Å². The summed E-state index contributed by atoms with van der Waals surface area (Å²) >= 11 is 6.84. The molecule has 1 aliphatic carbocycles. The van der Waals surface area contributed by atoms with Gasteiger partial charge < -0.3 is 19.3 Å². The van der Waals surface area contributed by atoms with Gasteiger partial charge in [0.2, 0.25) is 0 Å². The lowest BCUT2D eigenvalue weighted by atomic mass is 9.88. The molecule has 1 aromatic carbocycles. The van der Waals surface area contributed by atoms with Gasteiger partial charge in [-0.2, -0.15) is 0 Å². The normalized spacial score (nSPS) is 25.4. The van der Waals surface area contributed by atoms with Gasteiger partial charge in [0.1, 0.15) is 18.0 Å². The van der Waals surface area contributed by atoms with Crippen LogP contribution in [0.25, 0.3) is 0 Å². The molecule has 0 spiro atoms. The van der Waals surface area contributed by atoms with Crippen LogP contribution in [0.2, 0.25) is 0 Å². The number of halogens is 3. The minimum atomic E-state index is -0.448. The predicted octanol–water partition coefficient (Wildman–Crippen LogP) is 3.04. The largest absolute Gasteiger partial charge is 0.485 e. The Bertz CT molecular complexity index is 446. The predicted molar refractivity (Wildman–Crippen MR) is 101 cm³/mol. The maximum absolute atomic E-state index is 9.79. The van der Waals surface area contributed by atoms with E-state index in [0.717, 1.165) is 12.9 Å². The van der Waals surface area contributed by atoms with Gasteiger partial charge in [-0.3, -0.25) is 0 Å². The van der Waals surface area contributed by atoms with Crippen LogP contribution in [0.3, 0.4) is 0 Å². The second kappa shape index (κ2) is 8.09. The number of hydrogen-bond acceptors (Lipinski definition) is 4. The van der Waals surface area contributed by atoms with Crippen LogP contribution in [-0.2, 0) is 9.47 Å². The zero-order valence-corrected chi connectivity index (χ0v) is 17.3. The van der Waals surface area contributed by atoms with Crippen molar-refractivity contribution < 1.29 is 19.3 Å². The van der Waals surface area contributed by atoms with Crippen LogP contribution in [0.5, 0.6) is 5.75 Å². The number of benzene rings is 1. The average Bonchev–Trinajstić information content (AvgIpc) is 2.37. The number of ether oxygens (including phenoxy) is 3. The maximum Gasteiger partial charge on any atom is 0.146 e. The van der Waals surface area contributed by atoms with Crippen molar-refractivity contribution in [3.63, 3.8) is 0 Å². The van der Waals surface area contributed by atoms with E-state index in [4.69, 9.17) is 14.2 Å². The fourth-order valence-corrected chi connectivity index (χ4v) is 5.79. The Balaban J connectivity index is 1.99. The molecule has 4 nitrogen and oxygen atoms in total. The smallest absolute Gasteiger partial charge is 0.146 e. The summed E-state index contributed by atoms with van der Waals surface area (Å²) in [5, 5.41) is 9.79. The van der Waals surface area contributed by atoms with Gasteiger partial charge in [0.05, 0.1) is 26.5 Å². The third-order valence-electron chi connectivity index (χ3n) is 3.05. The highest BCUT2D eigenvalue weighted by Gasteiger charge is 2.43. The first-order valence-electron chi connectivity index (χ1n) is 6.12. The maximum atomic E-state index is 9.79. The second-order valence-electron chi connectivity index (χ2n) is 4.49. The van der Waals surface area contributed by atoms with Crippen LogP contribution in [0.1, 0.15) is 6.42 Å². The lowest BCUT2D eigenvalue weighted by Gasteiger charge is -2.41. The summed E-state index contributed by atoms with van der Waals surface area (Å²) in [6.07, 6.45) is -0.202. The Labute approximate surface area is 159 Å². The standard InChI is InChI=1S/C13H15I3O4/c1-18-2-3-19-13-10(17)6-11(13)20-12-8(15)4-7(14)5-9(12)16/h4-5,10-11,13,17H,2-3,6H2,1H3. The van der Waals surface area contributed by atoms with Crippen molar-refractivity contribution in [3.8, 4) is 5.75 Å². The first-order valence-corrected chi connectivity index (χ1v) is 9.36. The summed E-state index contributed by atoms with van der Waals surface area (Å²) in [7, 11) is 1.63. The van der Waals surface area contributed by atoms with E-state index in [1.165, 1.54) is 3.57 Å². The molecule has 3 atom stereocenters.